The van der Waals surface area contributed by atoms with Gasteiger partial charge in [-0.2, -0.15) is 5.26 Å². The van der Waals surface area contributed by atoms with Crippen molar-refractivity contribution in [1.82, 2.24) is 0 Å². The molecule has 28 heavy (non-hydrogen) atoms. The zero-order valence-electron chi connectivity index (χ0n) is 16.0. The highest BCUT2D eigenvalue weighted by atomic mass is 127. The van der Waals surface area contributed by atoms with Gasteiger partial charge in [0.25, 0.3) is 5.91 Å². The van der Waals surface area contributed by atoms with Gasteiger partial charge in [-0.1, -0.05) is 18.7 Å². The highest BCUT2D eigenvalue weighted by Crippen LogP contribution is 2.34. The van der Waals surface area contributed by atoms with Crippen LogP contribution in [0.2, 0.25) is 0 Å². The Bertz CT molecular complexity index is 974. The predicted octanol–water partition coefficient (Wildman–Crippen LogP) is 5.03. The smallest absolute Gasteiger partial charge is 0.266 e. The molecule has 0 aliphatic heterocycles. The van der Waals surface area contributed by atoms with E-state index in [2.05, 4.69) is 34.5 Å². The summed E-state index contributed by atoms with van der Waals surface area (Å²) in [4.78, 5) is 12.5. The van der Waals surface area contributed by atoms with Gasteiger partial charge < -0.3 is 14.8 Å². The summed E-state index contributed by atoms with van der Waals surface area (Å²) in [5.74, 6) is 0.650. The van der Waals surface area contributed by atoms with Crippen molar-refractivity contribution in [3.8, 4) is 17.6 Å². The van der Waals surface area contributed by atoms with E-state index in [1.54, 1.807) is 12.1 Å². The van der Waals surface area contributed by atoms with Crippen LogP contribution in [0.4, 0.5) is 5.69 Å². The van der Waals surface area contributed by atoms with Gasteiger partial charge in [0.1, 0.15) is 18.2 Å². The number of anilines is 1. The number of halogens is 1. The number of amides is 1. The molecule has 0 radical (unpaired) electrons. The van der Waals surface area contributed by atoms with E-state index in [1.165, 1.54) is 13.2 Å². The molecule has 0 aliphatic rings. The highest BCUT2D eigenvalue weighted by Gasteiger charge is 2.14. The maximum atomic E-state index is 12.5. The highest BCUT2D eigenvalue weighted by molar-refractivity contribution is 14.1. The molecular weight excluding hydrogens is 467 g/mol. The summed E-state index contributed by atoms with van der Waals surface area (Å²) in [5, 5.41) is 12.2. The van der Waals surface area contributed by atoms with Gasteiger partial charge in [0, 0.05) is 5.69 Å². The number of methoxy groups -OCH3 is 1. The molecule has 2 aromatic carbocycles. The molecule has 0 atom stereocenters. The average molecular weight is 488 g/mol. The van der Waals surface area contributed by atoms with Crippen molar-refractivity contribution in [2.45, 2.75) is 13.8 Å². The lowest BCUT2D eigenvalue weighted by molar-refractivity contribution is -0.112. The Balaban J connectivity index is 2.31. The van der Waals surface area contributed by atoms with Gasteiger partial charge in [-0.3, -0.25) is 4.79 Å². The molecule has 2 rings (SSSR count). The minimum atomic E-state index is -0.466. The lowest BCUT2D eigenvalue weighted by Crippen LogP contribution is -2.13. The maximum Gasteiger partial charge on any atom is 0.266 e. The fourth-order valence-electron chi connectivity index (χ4n) is 2.44. The molecule has 0 aliphatic carbocycles. The number of hydrogen-bond donors (Lipinski definition) is 1. The van der Waals surface area contributed by atoms with E-state index in [-0.39, 0.29) is 5.57 Å². The Hall–Kier alpha value is -2.79. The normalized spacial score (nSPS) is 10.8. The molecule has 0 saturated heterocycles. The van der Waals surface area contributed by atoms with Crippen molar-refractivity contribution in [3.05, 3.63) is 68.8 Å². The Morgan fingerprint density at radius 1 is 1.29 bits per heavy atom. The summed E-state index contributed by atoms with van der Waals surface area (Å²) in [7, 11) is 1.54. The topological polar surface area (TPSA) is 71.3 Å². The van der Waals surface area contributed by atoms with Crippen LogP contribution >= 0.6 is 22.6 Å². The number of nitrogens with one attached hydrogen (secondary N) is 1. The standard InChI is InChI=1S/C22H21IN2O3/c1-5-8-28-21-19(23)11-16(12-20(21)27-4)10-17(13-24)22(26)25-18-7-6-14(2)15(3)9-18/h5-7,9-12H,1,8H2,2-4H3,(H,25,26)/b17-10+. The molecule has 0 bridgehead atoms. The molecule has 5 nitrogen and oxygen atoms in total. The molecule has 0 unspecified atom stereocenters. The fraction of sp³-hybridized carbons (Fsp3) is 0.182. The number of nitrogens with zero attached hydrogens (tertiary/aromatic N) is 1. The first kappa shape index (κ1) is 21.5. The maximum absolute atomic E-state index is 12.5. The van der Waals surface area contributed by atoms with Crippen molar-refractivity contribution < 1.29 is 14.3 Å². The molecule has 0 spiro atoms. The van der Waals surface area contributed by atoms with Crippen LogP contribution in [0.15, 0.2) is 48.6 Å². The Labute approximate surface area is 178 Å². The van der Waals surface area contributed by atoms with E-state index in [9.17, 15) is 10.1 Å². The minimum absolute atomic E-state index is 0.00385. The van der Waals surface area contributed by atoms with Gasteiger partial charge in [-0.15, -0.1) is 0 Å². The van der Waals surface area contributed by atoms with Crippen LogP contribution in [0.25, 0.3) is 6.08 Å². The number of carbonyl (C=O) groups excluding carboxylic acids is 1. The molecule has 0 fully saturated rings. The molecule has 1 N–H and O–H groups in total. The van der Waals surface area contributed by atoms with Gasteiger partial charge in [0.05, 0.1) is 10.7 Å². The van der Waals surface area contributed by atoms with Crippen LogP contribution in [0, 0.1) is 28.7 Å². The average Bonchev–Trinajstić information content (AvgIpc) is 2.67. The molecule has 2 aromatic rings. The molecule has 6 heteroatoms. The lowest BCUT2D eigenvalue weighted by Gasteiger charge is -2.12. The SMILES string of the molecule is C=CCOc1c(I)cc(/C=C(\C#N)C(=O)Nc2ccc(C)c(C)c2)cc1OC. The van der Waals surface area contributed by atoms with Crippen LogP contribution in [-0.4, -0.2) is 19.6 Å². The third-order valence-corrected chi connectivity index (χ3v) is 4.84. The number of hydrogen-bond acceptors (Lipinski definition) is 4. The number of aryl methyl sites for hydroxylation is 2. The van der Waals surface area contributed by atoms with Gasteiger partial charge in [0.15, 0.2) is 11.5 Å². The molecule has 0 aromatic heterocycles. The number of carbonyl (C=O) groups is 1. The van der Waals surface area contributed by atoms with Gasteiger partial charge in [-0.25, -0.2) is 0 Å². The third kappa shape index (κ3) is 5.36. The number of rotatable bonds is 7. The Morgan fingerprint density at radius 2 is 2.04 bits per heavy atom. The Kier molecular flexibility index (Phi) is 7.64. The minimum Gasteiger partial charge on any atom is -0.493 e. The summed E-state index contributed by atoms with van der Waals surface area (Å²) >= 11 is 2.12. The van der Waals surface area contributed by atoms with E-state index in [0.29, 0.717) is 29.4 Å². The van der Waals surface area contributed by atoms with Crippen LogP contribution in [0.1, 0.15) is 16.7 Å². The summed E-state index contributed by atoms with van der Waals surface area (Å²) in [5.41, 5.74) is 3.51. The van der Waals surface area contributed by atoms with Crippen molar-refractivity contribution in [2.75, 3.05) is 19.0 Å². The summed E-state index contributed by atoms with van der Waals surface area (Å²) in [6.45, 7) is 7.95. The monoisotopic (exact) mass is 488 g/mol. The van der Waals surface area contributed by atoms with E-state index >= 15 is 0 Å². The quantitative estimate of drug-likeness (QED) is 0.257. The van der Waals surface area contributed by atoms with Crippen LogP contribution in [-0.2, 0) is 4.79 Å². The summed E-state index contributed by atoms with van der Waals surface area (Å²) in [6.07, 6.45) is 3.17. The zero-order valence-corrected chi connectivity index (χ0v) is 18.2. The predicted molar refractivity (Wildman–Crippen MR) is 120 cm³/mol. The third-order valence-electron chi connectivity index (χ3n) is 4.04. The summed E-state index contributed by atoms with van der Waals surface area (Å²) in [6, 6.07) is 11.1. The largest absolute Gasteiger partial charge is 0.493 e. The van der Waals surface area contributed by atoms with Crippen molar-refractivity contribution in [2.24, 2.45) is 0 Å². The summed E-state index contributed by atoms with van der Waals surface area (Å²) < 4.78 is 11.8. The molecule has 1 amide bonds. The molecule has 0 heterocycles. The lowest BCUT2D eigenvalue weighted by atomic mass is 10.1. The van der Waals surface area contributed by atoms with Crippen LogP contribution in [0.3, 0.4) is 0 Å². The number of nitriles is 1. The first-order valence-electron chi connectivity index (χ1n) is 8.51. The Morgan fingerprint density at radius 3 is 2.64 bits per heavy atom. The van der Waals surface area contributed by atoms with E-state index in [4.69, 9.17) is 9.47 Å². The van der Waals surface area contributed by atoms with Gasteiger partial charge >= 0.3 is 0 Å². The van der Waals surface area contributed by atoms with Crippen molar-refractivity contribution >= 4 is 40.3 Å². The second-order valence-corrected chi connectivity index (χ2v) is 7.22. The van der Waals surface area contributed by atoms with Crippen molar-refractivity contribution in [1.29, 1.82) is 5.26 Å². The van der Waals surface area contributed by atoms with E-state index in [0.717, 1.165) is 14.7 Å². The first-order valence-corrected chi connectivity index (χ1v) is 9.59. The zero-order chi connectivity index (χ0) is 20.7. The number of benzene rings is 2. The van der Waals surface area contributed by atoms with Crippen LogP contribution < -0.4 is 14.8 Å². The van der Waals surface area contributed by atoms with E-state index < -0.39 is 5.91 Å². The van der Waals surface area contributed by atoms with Crippen LogP contribution in [0.5, 0.6) is 11.5 Å². The second-order valence-electron chi connectivity index (χ2n) is 6.06. The fourth-order valence-corrected chi connectivity index (χ4v) is 3.22. The van der Waals surface area contributed by atoms with Gasteiger partial charge in [0.2, 0.25) is 0 Å². The van der Waals surface area contributed by atoms with E-state index in [1.807, 2.05) is 44.2 Å². The van der Waals surface area contributed by atoms with Gasteiger partial charge in [-0.05, 0) is 83.5 Å². The first-order chi connectivity index (χ1) is 13.4. The van der Waals surface area contributed by atoms with Crippen molar-refractivity contribution in [3.63, 3.8) is 0 Å². The molecule has 0 saturated carbocycles. The molecular formula is C22H21IN2O3. The second kappa shape index (κ2) is 9.95. The number of ether oxygens (including phenoxy) is 2. The molecule has 144 valence electrons.